The van der Waals surface area contributed by atoms with Crippen molar-refractivity contribution < 1.29 is 39.6 Å². The van der Waals surface area contributed by atoms with E-state index in [4.69, 9.17) is 5.73 Å². The van der Waals surface area contributed by atoms with Crippen LogP contribution in [0.2, 0.25) is 0 Å². The molecule has 2 fully saturated rings. The summed E-state index contributed by atoms with van der Waals surface area (Å²) < 4.78 is 0. The maximum atomic E-state index is 14.6. The summed E-state index contributed by atoms with van der Waals surface area (Å²) in [5, 5.41) is 46.6. The molecule has 13 nitrogen and oxygen atoms in total. The van der Waals surface area contributed by atoms with Gasteiger partial charge in [-0.3, -0.25) is 29.0 Å². The molecule has 1 saturated carbocycles. The van der Waals surface area contributed by atoms with Gasteiger partial charge in [0.15, 0.2) is 11.4 Å². The lowest BCUT2D eigenvalue weighted by atomic mass is 9.52. The highest BCUT2D eigenvalue weighted by Gasteiger charge is 2.66. The van der Waals surface area contributed by atoms with Crippen molar-refractivity contribution in [2.24, 2.45) is 23.0 Å². The number of ketones is 2. The first kappa shape index (κ1) is 33.9. The Morgan fingerprint density at radius 2 is 1.62 bits per heavy atom. The van der Waals surface area contributed by atoms with Crippen LogP contribution in [0.5, 0.6) is 5.75 Å². The Hall–Kier alpha value is -3.94. The average molecular weight is 666 g/mol. The predicted molar refractivity (Wildman–Crippen MR) is 177 cm³/mol. The molecular weight excluding hydrogens is 618 g/mol. The van der Waals surface area contributed by atoms with E-state index in [0.717, 1.165) is 32.1 Å². The maximum Gasteiger partial charge on any atom is 0.255 e. The normalized spacial score (nSPS) is 29.9. The summed E-state index contributed by atoms with van der Waals surface area (Å²) in [6, 6.07) is 2.02. The van der Waals surface area contributed by atoms with Crippen molar-refractivity contribution in [3.63, 3.8) is 0 Å². The fraction of sp³-hybridized carbons (Fsp3) is 0.600. The fourth-order valence-electron chi connectivity index (χ4n) is 9.20. The smallest absolute Gasteiger partial charge is 0.255 e. The molecule has 6 rings (SSSR count). The molecule has 4 atom stereocenters. The number of aliphatic hydroxyl groups is 3. The molecule has 1 aromatic rings. The molecule has 0 aromatic heterocycles. The first-order valence-corrected chi connectivity index (χ1v) is 16.8. The highest BCUT2D eigenvalue weighted by Crippen LogP contribution is 2.58. The highest BCUT2D eigenvalue weighted by molar-refractivity contribution is 6.25. The van der Waals surface area contributed by atoms with Gasteiger partial charge in [-0.25, -0.2) is 0 Å². The topological polar surface area (TPSA) is 188 Å². The van der Waals surface area contributed by atoms with E-state index >= 15 is 0 Å². The number of piperazine rings is 1. The molecule has 0 unspecified atom stereocenters. The number of fused-ring (bicyclic) bond motifs is 3. The number of rotatable bonds is 6. The largest absolute Gasteiger partial charge is 0.510 e. The van der Waals surface area contributed by atoms with Crippen LogP contribution in [-0.2, 0) is 20.8 Å². The minimum atomic E-state index is -2.74. The van der Waals surface area contributed by atoms with Gasteiger partial charge in [0.2, 0.25) is 11.7 Å². The second-order valence-electron chi connectivity index (χ2n) is 14.7. The Morgan fingerprint density at radius 1 is 0.979 bits per heavy atom. The summed E-state index contributed by atoms with van der Waals surface area (Å²) in [6.07, 6.45) is 5.25. The number of Topliss-reactive ketones (excluding diaryl/α,β-unsaturated/α-hetero) is 2. The summed E-state index contributed by atoms with van der Waals surface area (Å²) in [7, 11) is 6.88. The van der Waals surface area contributed by atoms with Crippen LogP contribution in [0.1, 0.15) is 54.4 Å². The van der Waals surface area contributed by atoms with Crippen LogP contribution in [0, 0.1) is 17.3 Å². The van der Waals surface area contributed by atoms with Gasteiger partial charge >= 0.3 is 0 Å². The second kappa shape index (κ2) is 12.2. The summed E-state index contributed by atoms with van der Waals surface area (Å²) in [5.41, 5.74) is 1.80. The minimum Gasteiger partial charge on any atom is -0.510 e. The second-order valence-corrected chi connectivity index (χ2v) is 14.7. The molecule has 1 aromatic carbocycles. The van der Waals surface area contributed by atoms with E-state index in [2.05, 4.69) is 4.90 Å². The summed E-state index contributed by atoms with van der Waals surface area (Å²) in [6.45, 7) is 2.26. The number of likely N-dealkylation sites (N-methyl/N-ethyl adjacent to an activating group) is 1. The quantitative estimate of drug-likeness (QED) is 0.276. The van der Waals surface area contributed by atoms with Gasteiger partial charge in [0.05, 0.1) is 11.6 Å². The van der Waals surface area contributed by atoms with Crippen molar-refractivity contribution in [3.8, 4) is 5.75 Å². The number of anilines is 1. The Labute approximate surface area is 280 Å². The van der Waals surface area contributed by atoms with Crippen LogP contribution in [0.15, 0.2) is 34.8 Å². The van der Waals surface area contributed by atoms with E-state index in [-0.39, 0.29) is 48.1 Å². The number of nitrogens with two attached hydrogens (primary N) is 1. The van der Waals surface area contributed by atoms with Crippen molar-refractivity contribution >= 4 is 29.1 Å². The van der Waals surface area contributed by atoms with Crippen LogP contribution < -0.4 is 10.6 Å². The van der Waals surface area contributed by atoms with Crippen molar-refractivity contribution in [2.75, 3.05) is 65.8 Å². The number of carbonyl (C=O) groups is 4. The SMILES string of the molecule is CN(C)c1ccc(O)c2c1C[C@@]1(CN3CCN(C(=O)C4CCCCC4)CC3)C[C@H]3[C@H](N(C)C)C(O)=C(C(N)=O)C(=O)[C@@]3(O)C(O)=C1C2=O. The molecule has 48 heavy (non-hydrogen) atoms. The monoisotopic (exact) mass is 665 g/mol. The molecule has 1 aliphatic heterocycles. The molecular formula is C35H47N5O8. The Morgan fingerprint density at radius 3 is 2.21 bits per heavy atom. The number of benzene rings is 1. The highest BCUT2D eigenvalue weighted by atomic mass is 16.3. The van der Waals surface area contributed by atoms with Gasteiger partial charge in [0.25, 0.3) is 5.91 Å². The van der Waals surface area contributed by atoms with Gasteiger partial charge in [-0.05, 0) is 57.5 Å². The molecule has 2 amide bonds. The van der Waals surface area contributed by atoms with E-state index in [1.54, 1.807) is 25.1 Å². The number of carbonyl (C=O) groups excluding carboxylic acids is 4. The lowest BCUT2D eigenvalue weighted by Crippen LogP contribution is -2.66. The van der Waals surface area contributed by atoms with Crippen LogP contribution in [-0.4, -0.2) is 131 Å². The number of hydrogen-bond acceptors (Lipinski definition) is 11. The van der Waals surface area contributed by atoms with Crippen molar-refractivity contribution in [1.29, 1.82) is 0 Å². The zero-order valence-electron chi connectivity index (χ0n) is 28.2. The number of phenols is 1. The Balaban J connectivity index is 1.46. The molecule has 1 saturated heterocycles. The summed E-state index contributed by atoms with van der Waals surface area (Å²) >= 11 is 0. The van der Waals surface area contributed by atoms with Crippen LogP contribution in [0.4, 0.5) is 5.69 Å². The van der Waals surface area contributed by atoms with Gasteiger partial charge in [0.1, 0.15) is 22.8 Å². The van der Waals surface area contributed by atoms with E-state index in [1.807, 2.05) is 23.9 Å². The lowest BCUT2D eigenvalue weighted by Gasteiger charge is -2.55. The number of nitrogens with zero attached hydrogens (tertiary/aromatic N) is 4. The summed E-state index contributed by atoms with van der Waals surface area (Å²) in [4.78, 5) is 61.7. The first-order valence-electron chi connectivity index (χ1n) is 16.8. The van der Waals surface area contributed by atoms with Crippen LogP contribution >= 0.6 is 0 Å². The first-order chi connectivity index (χ1) is 22.6. The van der Waals surface area contributed by atoms with Crippen LogP contribution in [0.25, 0.3) is 0 Å². The number of hydrogen-bond donors (Lipinski definition) is 5. The van der Waals surface area contributed by atoms with E-state index < -0.39 is 57.5 Å². The minimum absolute atomic E-state index is 0.0238. The molecule has 4 aliphatic carbocycles. The lowest BCUT2D eigenvalue weighted by molar-refractivity contribution is -0.151. The van der Waals surface area contributed by atoms with Gasteiger partial charge < -0.3 is 36.0 Å². The zero-order chi connectivity index (χ0) is 34.9. The average Bonchev–Trinajstić information content (AvgIpc) is 3.03. The zero-order valence-corrected chi connectivity index (χ0v) is 28.2. The van der Waals surface area contributed by atoms with Crippen LogP contribution in [0.3, 0.4) is 0 Å². The molecule has 0 bridgehead atoms. The third-order valence-electron chi connectivity index (χ3n) is 11.5. The van der Waals surface area contributed by atoms with Gasteiger partial charge in [-0.15, -0.1) is 0 Å². The molecule has 0 spiro atoms. The number of phenolic OH excluding ortho intramolecular Hbond substituents is 1. The van der Waals surface area contributed by atoms with Crippen molar-refractivity contribution in [3.05, 3.63) is 45.9 Å². The molecule has 13 heteroatoms. The van der Waals surface area contributed by atoms with Crippen molar-refractivity contribution in [2.45, 2.75) is 56.6 Å². The number of primary amides is 1. The number of aliphatic hydroxyl groups excluding tert-OH is 2. The standard InChI is InChI=1S/C35H47N5O8/c1-37(2)22-10-11-23(41)24-20(22)16-34(18-39-12-14-40(15-13-39)33(47)19-8-6-5-7-9-19)17-21-27(38(3)4)29(43)25(32(36)46)30(44)35(21,48)31(45)26(34)28(24)42/h10-11,19,21,27,41,43,45,48H,5-9,12-18H2,1-4H3,(H2,36,46)/t21-,27-,34-,35+/m0/s1. The van der Waals surface area contributed by atoms with E-state index in [0.29, 0.717) is 37.4 Å². The summed E-state index contributed by atoms with van der Waals surface area (Å²) in [5.74, 6) is -5.97. The van der Waals surface area contributed by atoms with Gasteiger partial charge in [0, 0.05) is 75.3 Å². The maximum absolute atomic E-state index is 14.6. The van der Waals surface area contributed by atoms with Gasteiger partial charge in [-0.2, -0.15) is 0 Å². The Kier molecular flexibility index (Phi) is 8.62. The molecule has 260 valence electrons. The Bertz CT molecular complexity index is 1620. The third kappa shape index (κ3) is 5.09. The van der Waals surface area contributed by atoms with E-state index in [9.17, 15) is 39.6 Å². The third-order valence-corrected chi connectivity index (χ3v) is 11.5. The number of amides is 2. The molecule has 1 heterocycles. The number of aromatic hydroxyl groups is 1. The molecule has 0 radical (unpaired) electrons. The molecule has 6 N–H and O–H groups in total. The molecule has 5 aliphatic rings. The van der Waals surface area contributed by atoms with Crippen molar-refractivity contribution in [1.82, 2.24) is 14.7 Å². The van der Waals surface area contributed by atoms with Gasteiger partial charge in [-0.1, -0.05) is 19.3 Å². The predicted octanol–water partition coefficient (Wildman–Crippen LogP) is 1.28. The fourth-order valence-corrected chi connectivity index (χ4v) is 9.20. The van der Waals surface area contributed by atoms with E-state index in [1.165, 1.54) is 6.07 Å².